The van der Waals surface area contributed by atoms with E-state index in [2.05, 4.69) is 32.6 Å². The number of hydrogen-bond acceptors (Lipinski definition) is 2. The lowest BCUT2D eigenvalue weighted by molar-refractivity contribution is 0.0854. The molecule has 0 heterocycles. The van der Waals surface area contributed by atoms with Crippen molar-refractivity contribution >= 4 is 0 Å². The van der Waals surface area contributed by atoms with E-state index in [1.807, 2.05) is 0 Å². The first-order valence-electron chi connectivity index (χ1n) is 6.58. The van der Waals surface area contributed by atoms with Crippen molar-refractivity contribution in [3.8, 4) is 0 Å². The van der Waals surface area contributed by atoms with Gasteiger partial charge in [-0.3, -0.25) is 4.90 Å². The Morgan fingerprint density at radius 2 is 1.72 bits per heavy atom. The number of halogens is 1. The van der Waals surface area contributed by atoms with Gasteiger partial charge in [-0.15, -0.1) is 0 Å². The van der Waals surface area contributed by atoms with Gasteiger partial charge in [-0.05, 0) is 25.8 Å². The highest BCUT2D eigenvalue weighted by Gasteiger charge is 2.19. The molecular formula is C15H24FNO. The summed E-state index contributed by atoms with van der Waals surface area (Å²) in [6.07, 6.45) is -0.771. The minimum absolute atomic E-state index is 0.335. The first-order valence-corrected chi connectivity index (χ1v) is 6.58. The van der Waals surface area contributed by atoms with Crippen LogP contribution in [0.2, 0.25) is 0 Å². The summed E-state index contributed by atoms with van der Waals surface area (Å²) in [4.78, 5) is 2.18. The van der Waals surface area contributed by atoms with Crippen molar-refractivity contribution in [2.45, 2.75) is 39.8 Å². The standard InChI is InChI=1S/C15H24FNO/c1-11(2)9-17(12(3)4)10-15(18)13-7-5-6-8-14(13)16/h5-8,11-12,15,18H,9-10H2,1-4H3. The molecule has 1 atom stereocenters. The summed E-state index contributed by atoms with van der Waals surface area (Å²) in [7, 11) is 0. The van der Waals surface area contributed by atoms with Gasteiger partial charge in [0, 0.05) is 24.7 Å². The van der Waals surface area contributed by atoms with E-state index in [1.54, 1.807) is 18.2 Å². The van der Waals surface area contributed by atoms with Crippen molar-refractivity contribution in [3.63, 3.8) is 0 Å². The summed E-state index contributed by atoms with van der Waals surface area (Å²) >= 11 is 0. The van der Waals surface area contributed by atoms with Crippen molar-refractivity contribution in [3.05, 3.63) is 35.6 Å². The highest BCUT2D eigenvalue weighted by Crippen LogP contribution is 2.19. The Hall–Kier alpha value is -0.930. The first kappa shape index (κ1) is 15.1. The van der Waals surface area contributed by atoms with E-state index in [0.29, 0.717) is 24.1 Å². The predicted octanol–water partition coefficient (Wildman–Crippen LogP) is 3.23. The van der Waals surface area contributed by atoms with E-state index in [-0.39, 0.29) is 5.82 Å². The molecule has 0 spiro atoms. The molecule has 1 aromatic rings. The maximum Gasteiger partial charge on any atom is 0.129 e. The fraction of sp³-hybridized carbons (Fsp3) is 0.600. The highest BCUT2D eigenvalue weighted by atomic mass is 19.1. The van der Waals surface area contributed by atoms with Gasteiger partial charge >= 0.3 is 0 Å². The number of hydrogen-bond donors (Lipinski definition) is 1. The van der Waals surface area contributed by atoms with E-state index in [1.165, 1.54) is 6.07 Å². The Labute approximate surface area is 109 Å². The van der Waals surface area contributed by atoms with E-state index in [4.69, 9.17) is 0 Å². The summed E-state index contributed by atoms with van der Waals surface area (Å²) in [6.45, 7) is 9.85. The SMILES string of the molecule is CC(C)CN(CC(O)c1ccccc1F)C(C)C. The van der Waals surface area contributed by atoms with Crippen LogP contribution in [0.3, 0.4) is 0 Å². The van der Waals surface area contributed by atoms with Gasteiger partial charge in [0.2, 0.25) is 0 Å². The normalized spacial score (nSPS) is 13.6. The Morgan fingerprint density at radius 1 is 1.11 bits per heavy atom. The molecule has 0 saturated heterocycles. The summed E-state index contributed by atoms with van der Waals surface area (Å²) in [6, 6.07) is 6.77. The highest BCUT2D eigenvalue weighted by molar-refractivity contribution is 5.20. The third kappa shape index (κ3) is 4.39. The average molecular weight is 253 g/mol. The molecule has 0 amide bonds. The van der Waals surface area contributed by atoms with Gasteiger partial charge in [0.15, 0.2) is 0 Å². The topological polar surface area (TPSA) is 23.5 Å². The van der Waals surface area contributed by atoms with Crippen LogP contribution < -0.4 is 0 Å². The largest absolute Gasteiger partial charge is 0.387 e. The third-order valence-electron chi connectivity index (χ3n) is 3.00. The molecule has 3 heteroatoms. The Balaban J connectivity index is 2.72. The molecule has 0 aliphatic carbocycles. The summed E-state index contributed by atoms with van der Waals surface area (Å²) in [5.41, 5.74) is 0.381. The molecule has 0 aliphatic rings. The van der Waals surface area contributed by atoms with Gasteiger partial charge in [0.25, 0.3) is 0 Å². The van der Waals surface area contributed by atoms with Crippen molar-refractivity contribution < 1.29 is 9.50 Å². The molecule has 0 bridgehead atoms. The fourth-order valence-corrected chi connectivity index (χ4v) is 2.03. The maximum atomic E-state index is 13.6. The first-order chi connectivity index (χ1) is 8.41. The van der Waals surface area contributed by atoms with Crippen LogP contribution >= 0.6 is 0 Å². The average Bonchev–Trinajstić information content (AvgIpc) is 2.27. The molecule has 0 radical (unpaired) electrons. The van der Waals surface area contributed by atoms with Gasteiger partial charge in [-0.1, -0.05) is 32.0 Å². The molecule has 18 heavy (non-hydrogen) atoms. The molecule has 102 valence electrons. The molecule has 1 aromatic carbocycles. The zero-order valence-corrected chi connectivity index (χ0v) is 11.7. The van der Waals surface area contributed by atoms with Crippen LogP contribution in [0.25, 0.3) is 0 Å². The quantitative estimate of drug-likeness (QED) is 0.841. The molecule has 0 aliphatic heterocycles. The Morgan fingerprint density at radius 3 is 2.22 bits per heavy atom. The number of aliphatic hydroxyl groups is 1. The summed E-state index contributed by atoms with van der Waals surface area (Å²) < 4.78 is 13.6. The molecule has 2 nitrogen and oxygen atoms in total. The molecule has 0 fully saturated rings. The van der Waals surface area contributed by atoms with Crippen LogP contribution in [0.4, 0.5) is 4.39 Å². The predicted molar refractivity (Wildman–Crippen MR) is 72.9 cm³/mol. The molecule has 1 unspecified atom stereocenters. The van der Waals surface area contributed by atoms with Crippen LogP contribution in [-0.4, -0.2) is 29.1 Å². The van der Waals surface area contributed by atoms with Crippen LogP contribution in [0.5, 0.6) is 0 Å². The Kier molecular flexibility index (Phi) is 5.76. The number of nitrogens with zero attached hydrogens (tertiary/aromatic N) is 1. The second-order valence-electron chi connectivity index (χ2n) is 5.48. The molecule has 0 aromatic heterocycles. The minimum Gasteiger partial charge on any atom is -0.387 e. The second kappa shape index (κ2) is 6.86. The summed E-state index contributed by atoms with van der Waals surface area (Å²) in [5.74, 6) is 0.193. The molecule has 0 saturated carbocycles. The van der Waals surface area contributed by atoms with Crippen molar-refractivity contribution in [2.75, 3.05) is 13.1 Å². The van der Waals surface area contributed by atoms with E-state index in [0.717, 1.165) is 6.54 Å². The summed E-state index contributed by atoms with van der Waals surface area (Å²) in [5, 5.41) is 10.2. The van der Waals surface area contributed by atoms with Gasteiger partial charge in [0.05, 0.1) is 6.10 Å². The van der Waals surface area contributed by atoms with E-state index < -0.39 is 6.10 Å². The van der Waals surface area contributed by atoms with Gasteiger partial charge in [-0.2, -0.15) is 0 Å². The van der Waals surface area contributed by atoms with Crippen LogP contribution in [-0.2, 0) is 0 Å². The van der Waals surface area contributed by atoms with Gasteiger partial charge in [0.1, 0.15) is 5.82 Å². The lowest BCUT2D eigenvalue weighted by Gasteiger charge is -2.30. The lowest BCUT2D eigenvalue weighted by atomic mass is 10.1. The van der Waals surface area contributed by atoms with Crippen LogP contribution in [0.1, 0.15) is 39.4 Å². The van der Waals surface area contributed by atoms with E-state index >= 15 is 0 Å². The zero-order valence-electron chi connectivity index (χ0n) is 11.7. The second-order valence-corrected chi connectivity index (χ2v) is 5.48. The van der Waals surface area contributed by atoms with E-state index in [9.17, 15) is 9.50 Å². The monoisotopic (exact) mass is 253 g/mol. The molecule has 1 rings (SSSR count). The number of rotatable bonds is 6. The van der Waals surface area contributed by atoms with Crippen molar-refractivity contribution in [2.24, 2.45) is 5.92 Å². The smallest absolute Gasteiger partial charge is 0.129 e. The van der Waals surface area contributed by atoms with Gasteiger partial charge < -0.3 is 5.11 Å². The maximum absolute atomic E-state index is 13.6. The van der Waals surface area contributed by atoms with Crippen LogP contribution in [0.15, 0.2) is 24.3 Å². The van der Waals surface area contributed by atoms with Crippen molar-refractivity contribution in [1.82, 2.24) is 4.90 Å². The minimum atomic E-state index is -0.771. The van der Waals surface area contributed by atoms with Crippen LogP contribution in [0, 0.1) is 11.7 Å². The lowest BCUT2D eigenvalue weighted by Crippen LogP contribution is -2.37. The van der Waals surface area contributed by atoms with Gasteiger partial charge in [-0.25, -0.2) is 4.39 Å². The van der Waals surface area contributed by atoms with Crippen molar-refractivity contribution in [1.29, 1.82) is 0 Å². The molecular weight excluding hydrogens is 229 g/mol. The number of aliphatic hydroxyl groups excluding tert-OH is 1. The molecule has 1 N–H and O–H groups in total. The Bertz CT molecular complexity index is 365. The zero-order chi connectivity index (χ0) is 13.7. The third-order valence-corrected chi connectivity index (χ3v) is 3.00. The number of benzene rings is 1. The fourth-order valence-electron chi connectivity index (χ4n) is 2.03.